The van der Waals surface area contributed by atoms with Crippen molar-refractivity contribution in [1.29, 1.82) is 0 Å². The van der Waals surface area contributed by atoms with Gasteiger partial charge in [-0.15, -0.1) is 0 Å². The van der Waals surface area contributed by atoms with E-state index in [1.54, 1.807) is 12.1 Å². The summed E-state index contributed by atoms with van der Waals surface area (Å²) < 4.78 is 0.942. The Bertz CT molecular complexity index is 485. The van der Waals surface area contributed by atoms with Crippen LogP contribution in [0.5, 0.6) is 0 Å². The maximum Gasteiger partial charge on any atom is 0.258 e. The number of nitrogens with one attached hydrogen (secondary N) is 2. The van der Waals surface area contributed by atoms with Crippen LogP contribution in [0.25, 0.3) is 0 Å². The largest absolute Gasteiger partial charge is 0.358 e. The minimum absolute atomic E-state index is 0.195. The van der Waals surface area contributed by atoms with Gasteiger partial charge in [-0.1, -0.05) is 11.6 Å². The lowest BCUT2D eigenvalue weighted by Crippen LogP contribution is -2.48. The van der Waals surface area contributed by atoms with Crippen LogP contribution in [0.3, 0.4) is 0 Å². The molecule has 0 aliphatic heterocycles. The molecule has 0 radical (unpaired) electrons. The molecule has 0 bridgehead atoms. The van der Waals surface area contributed by atoms with Gasteiger partial charge in [-0.2, -0.15) is 0 Å². The van der Waals surface area contributed by atoms with Crippen molar-refractivity contribution < 1.29 is 4.79 Å². The van der Waals surface area contributed by atoms with E-state index >= 15 is 0 Å². The Morgan fingerprint density at radius 1 is 1.39 bits per heavy atom. The quantitative estimate of drug-likeness (QED) is 0.565. The van der Waals surface area contributed by atoms with Crippen LogP contribution in [0.15, 0.2) is 18.2 Å². The molecule has 1 aromatic carbocycles. The summed E-state index contributed by atoms with van der Waals surface area (Å²) in [5.74, 6) is -0.305. The molecule has 0 aromatic heterocycles. The molecule has 0 aliphatic carbocycles. The van der Waals surface area contributed by atoms with Crippen LogP contribution in [0.1, 0.15) is 31.1 Å². The zero-order valence-electron chi connectivity index (χ0n) is 10.3. The Hall–Kier alpha value is -0.400. The number of rotatable bonds is 1. The maximum absolute atomic E-state index is 12.0. The molecule has 18 heavy (non-hydrogen) atoms. The highest BCUT2D eigenvalue weighted by atomic mass is 127. The van der Waals surface area contributed by atoms with E-state index in [4.69, 9.17) is 23.8 Å². The van der Waals surface area contributed by atoms with E-state index in [2.05, 4.69) is 33.2 Å². The van der Waals surface area contributed by atoms with Crippen LogP contribution in [0.4, 0.5) is 0 Å². The molecule has 1 aromatic rings. The van der Waals surface area contributed by atoms with Crippen molar-refractivity contribution in [1.82, 2.24) is 10.6 Å². The summed E-state index contributed by atoms with van der Waals surface area (Å²) in [6.07, 6.45) is 0. The molecule has 0 atom stereocenters. The van der Waals surface area contributed by atoms with Gasteiger partial charge >= 0.3 is 0 Å². The van der Waals surface area contributed by atoms with Gasteiger partial charge in [0.25, 0.3) is 5.91 Å². The predicted molar refractivity (Wildman–Crippen MR) is 87.1 cm³/mol. The number of benzene rings is 1. The first kappa shape index (κ1) is 15.7. The van der Waals surface area contributed by atoms with Gasteiger partial charge in [0.1, 0.15) is 0 Å². The van der Waals surface area contributed by atoms with Crippen molar-refractivity contribution in [3.8, 4) is 0 Å². The lowest BCUT2D eigenvalue weighted by molar-refractivity contribution is 0.0976. The smallest absolute Gasteiger partial charge is 0.258 e. The van der Waals surface area contributed by atoms with Gasteiger partial charge in [-0.25, -0.2) is 0 Å². The second-order valence-corrected chi connectivity index (χ2v) is 6.84. The number of amides is 1. The minimum Gasteiger partial charge on any atom is -0.358 e. The predicted octanol–water partition coefficient (Wildman–Crippen LogP) is 3.35. The average molecular weight is 397 g/mol. The normalized spacial score (nSPS) is 10.9. The topological polar surface area (TPSA) is 41.1 Å². The van der Waals surface area contributed by atoms with E-state index in [0.717, 1.165) is 3.57 Å². The fraction of sp³-hybridized carbons (Fsp3) is 0.333. The highest BCUT2D eigenvalue weighted by Gasteiger charge is 2.15. The molecule has 6 heteroatoms. The van der Waals surface area contributed by atoms with E-state index in [-0.39, 0.29) is 11.4 Å². The minimum atomic E-state index is -0.305. The summed E-state index contributed by atoms with van der Waals surface area (Å²) in [4.78, 5) is 12.0. The summed E-state index contributed by atoms with van der Waals surface area (Å²) >= 11 is 13.2. The molecular formula is C12H14ClIN2OS. The highest BCUT2D eigenvalue weighted by molar-refractivity contribution is 14.1. The van der Waals surface area contributed by atoms with Crippen molar-refractivity contribution >= 4 is 57.4 Å². The van der Waals surface area contributed by atoms with E-state index in [1.807, 2.05) is 26.8 Å². The maximum atomic E-state index is 12.0. The van der Waals surface area contributed by atoms with E-state index in [0.29, 0.717) is 15.7 Å². The Balaban J connectivity index is 2.77. The van der Waals surface area contributed by atoms with Crippen LogP contribution in [0, 0.1) is 3.57 Å². The third kappa shape index (κ3) is 5.07. The van der Waals surface area contributed by atoms with Gasteiger partial charge in [-0.05, 0) is 73.8 Å². The lowest BCUT2D eigenvalue weighted by atomic mass is 10.1. The summed E-state index contributed by atoms with van der Waals surface area (Å²) in [5, 5.41) is 6.33. The number of carbonyl (C=O) groups is 1. The van der Waals surface area contributed by atoms with Crippen molar-refractivity contribution in [3.05, 3.63) is 32.4 Å². The first-order valence-corrected chi connectivity index (χ1v) is 7.14. The van der Waals surface area contributed by atoms with Crippen LogP contribution in [-0.4, -0.2) is 16.6 Å². The number of carbonyl (C=O) groups excluding carboxylic acids is 1. The van der Waals surface area contributed by atoms with Crippen molar-refractivity contribution in [2.45, 2.75) is 26.3 Å². The summed E-state index contributed by atoms with van der Waals surface area (Å²) in [5.41, 5.74) is 0.223. The first-order chi connectivity index (χ1) is 8.19. The van der Waals surface area contributed by atoms with E-state index < -0.39 is 0 Å². The fourth-order valence-electron chi connectivity index (χ4n) is 1.21. The molecule has 1 rings (SSSR count). The number of hydrogen-bond acceptors (Lipinski definition) is 2. The molecule has 0 aliphatic rings. The molecule has 0 heterocycles. The van der Waals surface area contributed by atoms with Gasteiger partial charge in [0.15, 0.2) is 5.11 Å². The zero-order chi connectivity index (χ0) is 13.9. The van der Waals surface area contributed by atoms with Gasteiger partial charge < -0.3 is 5.32 Å². The molecular weight excluding hydrogens is 383 g/mol. The van der Waals surface area contributed by atoms with E-state index in [1.165, 1.54) is 0 Å². The second-order valence-electron chi connectivity index (χ2n) is 4.78. The molecule has 1 amide bonds. The molecule has 0 unspecified atom stereocenters. The van der Waals surface area contributed by atoms with Gasteiger partial charge in [0.05, 0.1) is 10.6 Å². The Labute approximate surface area is 131 Å². The number of hydrogen-bond donors (Lipinski definition) is 2. The van der Waals surface area contributed by atoms with Crippen molar-refractivity contribution in [2.75, 3.05) is 0 Å². The Morgan fingerprint density at radius 2 is 2.00 bits per heavy atom. The fourth-order valence-corrected chi connectivity index (χ4v) is 2.31. The molecule has 0 spiro atoms. The molecule has 3 nitrogen and oxygen atoms in total. The summed E-state index contributed by atoms with van der Waals surface area (Å²) in [7, 11) is 0. The van der Waals surface area contributed by atoms with Gasteiger partial charge in [0, 0.05) is 9.11 Å². The molecule has 98 valence electrons. The molecule has 0 saturated heterocycles. The van der Waals surface area contributed by atoms with E-state index in [9.17, 15) is 4.79 Å². The summed E-state index contributed by atoms with van der Waals surface area (Å²) in [6.45, 7) is 5.89. The Morgan fingerprint density at radius 3 is 2.56 bits per heavy atom. The standard InChI is InChI=1S/C12H14ClIN2OS/c1-12(2,3)16-11(18)15-10(17)8-6-7(14)4-5-9(8)13/h4-6H,1-3H3,(H2,15,16,17,18). The monoisotopic (exact) mass is 396 g/mol. The number of thiocarbonyl (C=S) groups is 1. The van der Waals surface area contributed by atoms with Crippen molar-refractivity contribution in [2.24, 2.45) is 0 Å². The third-order valence-electron chi connectivity index (χ3n) is 1.89. The van der Waals surface area contributed by atoms with Crippen LogP contribution in [0.2, 0.25) is 5.02 Å². The van der Waals surface area contributed by atoms with Gasteiger partial charge in [-0.3, -0.25) is 10.1 Å². The average Bonchev–Trinajstić information content (AvgIpc) is 2.18. The zero-order valence-corrected chi connectivity index (χ0v) is 14.0. The Kier molecular flexibility index (Phi) is 5.36. The molecule has 0 fully saturated rings. The van der Waals surface area contributed by atoms with Gasteiger partial charge in [0.2, 0.25) is 0 Å². The number of halogens is 2. The first-order valence-electron chi connectivity index (χ1n) is 5.27. The third-order valence-corrected chi connectivity index (χ3v) is 3.09. The SMILES string of the molecule is CC(C)(C)NC(=S)NC(=O)c1cc(I)ccc1Cl. The highest BCUT2D eigenvalue weighted by Crippen LogP contribution is 2.18. The van der Waals surface area contributed by atoms with Crippen LogP contribution >= 0.6 is 46.4 Å². The lowest BCUT2D eigenvalue weighted by Gasteiger charge is -2.22. The molecule has 2 N–H and O–H groups in total. The summed E-state index contributed by atoms with van der Waals surface area (Å²) in [6, 6.07) is 5.25. The van der Waals surface area contributed by atoms with Crippen molar-refractivity contribution in [3.63, 3.8) is 0 Å². The van der Waals surface area contributed by atoms with Crippen LogP contribution in [-0.2, 0) is 0 Å². The van der Waals surface area contributed by atoms with Crippen LogP contribution < -0.4 is 10.6 Å². The second kappa shape index (κ2) is 6.16. The molecule has 0 saturated carbocycles.